The number of carbonyl (C=O) groups excluding carboxylic acids is 1. The second-order valence-electron chi connectivity index (χ2n) is 5.49. The number of benzene rings is 1. The van der Waals surface area contributed by atoms with Crippen LogP contribution in [0.5, 0.6) is 11.5 Å². The number of carboxylic acids is 1. The molecule has 0 aromatic heterocycles. The number of ether oxygens (including phenoxy) is 2. The molecule has 6 heteroatoms. The summed E-state index contributed by atoms with van der Waals surface area (Å²) in [5.41, 5.74) is 0.468. The Morgan fingerprint density at radius 3 is 2.45 bits per heavy atom. The molecule has 0 spiro atoms. The van der Waals surface area contributed by atoms with E-state index in [2.05, 4.69) is 0 Å². The highest BCUT2D eigenvalue weighted by atomic mass is 16.5. The fourth-order valence-corrected chi connectivity index (χ4v) is 2.73. The van der Waals surface area contributed by atoms with E-state index in [9.17, 15) is 14.7 Å². The third-order valence-electron chi connectivity index (χ3n) is 4.12. The lowest BCUT2D eigenvalue weighted by Crippen LogP contribution is -2.47. The van der Waals surface area contributed by atoms with Crippen molar-refractivity contribution in [1.82, 2.24) is 4.90 Å². The van der Waals surface area contributed by atoms with Crippen molar-refractivity contribution in [2.75, 3.05) is 20.8 Å². The van der Waals surface area contributed by atoms with E-state index in [4.69, 9.17) is 9.47 Å². The van der Waals surface area contributed by atoms with E-state index in [1.807, 2.05) is 6.92 Å². The molecule has 0 aliphatic carbocycles. The molecule has 1 aliphatic rings. The number of hydrogen-bond acceptors (Lipinski definition) is 4. The molecule has 2 rings (SSSR count). The van der Waals surface area contributed by atoms with Crippen molar-refractivity contribution in [2.45, 2.75) is 25.8 Å². The summed E-state index contributed by atoms with van der Waals surface area (Å²) in [4.78, 5) is 25.5. The van der Waals surface area contributed by atoms with Gasteiger partial charge in [0.25, 0.3) is 5.91 Å². The monoisotopic (exact) mass is 307 g/mol. The second-order valence-corrected chi connectivity index (χ2v) is 5.49. The number of nitrogens with zero attached hydrogens (tertiary/aromatic N) is 1. The molecule has 1 heterocycles. The van der Waals surface area contributed by atoms with Gasteiger partial charge in [0.05, 0.1) is 20.1 Å². The van der Waals surface area contributed by atoms with Crippen molar-refractivity contribution in [3.63, 3.8) is 0 Å². The molecule has 2 unspecified atom stereocenters. The summed E-state index contributed by atoms with van der Waals surface area (Å²) < 4.78 is 10.4. The van der Waals surface area contributed by atoms with Crippen molar-refractivity contribution in [3.8, 4) is 11.5 Å². The van der Waals surface area contributed by atoms with E-state index in [1.54, 1.807) is 23.1 Å². The Hall–Kier alpha value is -2.24. The first-order chi connectivity index (χ1) is 10.5. The quantitative estimate of drug-likeness (QED) is 0.921. The van der Waals surface area contributed by atoms with Crippen LogP contribution in [0.25, 0.3) is 0 Å². The molecule has 1 N–H and O–H groups in total. The lowest BCUT2D eigenvalue weighted by molar-refractivity contribution is -0.143. The van der Waals surface area contributed by atoms with Gasteiger partial charge in [0, 0.05) is 18.2 Å². The first kappa shape index (κ1) is 16.1. The first-order valence-electron chi connectivity index (χ1n) is 7.23. The number of piperidine rings is 1. The molecule has 22 heavy (non-hydrogen) atoms. The molecular weight excluding hydrogens is 286 g/mol. The summed E-state index contributed by atoms with van der Waals surface area (Å²) in [6.07, 6.45) is 1.29. The van der Waals surface area contributed by atoms with Crippen LogP contribution < -0.4 is 9.47 Å². The third kappa shape index (κ3) is 3.16. The van der Waals surface area contributed by atoms with Gasteiger partial charge in [-0.05, 0) is 38.0 Å². The lowest BCUT2D eigenvalue weighted by atomic mass is 9.93. The minimum Gasteiger partial charge on any atom is -0.493 e. The topological polar surface area (TPSA) is 76.1 Å². The average molecular weight is 307 g/mol. The Morgan fingerprint density at radius 1 is 1.18 bits per heavy atom. The van der Waals surface area contributed by atoms with Crippen LogP contribution in [0.15, 0.2) is 18.2 Å². The highest BCUT2D eigenvalue weighted by Crippen LogP contribution is 2.30. The van der Waals surface area contributed by atoms with Crippen molar-refractivity contribution >= 4 is 11.9 Å². The number of carboxylic acid groups (broad SMARTS) is 1. The molecule has 1 aromatic carbocycles. The summed E-state index contributed by atoms with van der Waals surface area (Å²) in [6, 6.07) is 4.99. The normalized spacial score (nSPS) is 21.3. The predicted octanol–water partition coefficient (Wildman–Crippen LogP) is 2.03. The van der Waals surface area contributed by atoms with Gasteiger partial charge in [-0.3, -0.25) is 9.59 Å². The van der Waals surface area contributed by atoms with Gasteiger partial charge in [0.2, 0.25) is 0 Å². The van der Waals surface area contributed by atoms with Crippen LogP contribution >= 0.6 is 0 Å². The molecule has 1 amide bonds. The van der Waals surface area contributed by atoms with Gasteiger partial charge in [-0.1, -0.05) is 0 Å². The molecule has 120 valence electrons. The molecular formula is C16H21NO5. The minimum atomic E-state index is -0.850. The maximum Gasteiger partial charge on any atom is 0.308 e. The highest BCUT2D eigenvalue weighted by Gasteiger charge is 2.33. The largest absolute Gasteiger partial charge is 0.493 e. The SMILES string of the molecule is COc1ccc(C(=O)N2CC(C(=O)O)CCC2C)cc1OC. The zero-order valence-corrected chi connectivity index (χ0v) is 13.0. The van der Waals surface area contributed by atoms with Gasteiger partial charge in [-0.15, -0.1) is 0 Å². The van der Waals surface area contributed by atoms with Crippen LogP contribution in [-0.2, 0) is 4.79 Å². The van der Waals surface area contributed by atoms with E-state index >= 15 is 0 Å². The van der Waals surface area contributed by atoms with Crippen LogP contribution in [0, 0.1) is 5.92 Å². The molecule has 0 saturated carbocycles. The summed E-state index contributed by atoms with van der Waals surface area (Å²) in [5.74, 6) is -0.501. The highest BCUT2D eigenvalue weighted by molar-refractivity contribution is 5.95. The van der Waals surface area contributed by atoms with Gasteiger partial charge in [-0.2, -0.15) is 0 Å². The lowest BCUT2D eigenvalue weighted by Gasteiger charge is -2.36. The number of aliphatic carboxylic acids is 1. The summed E-state index contributed by atoms with van der Waals surface area (Å²) in [6.45, 7) is 2.18. The molecule has 0 radical (unpaired) electrons. The number of amides is 1. The van der Waals surface area contributed by atoms with E-state index in [0.29, 0.717) is 29.9 Å². The van der Waals surface area contributed by atoms with Gasteiger partial charge < -0.3 is 19.5 Å². The Morgan fingerprint density at radius 2 is 1.86 bits per heavy atom. The van der Waals surface area contributed by atoms with Crippen molar-refractivity contribution in [3.05, 3.63) is 23.8 Å². The van der Waals surface area contributed by atoms with Crippen LogP contribution in [0.2, 0.25) is 0 Å². The summed E-state index contributed by atoms with van der Waals surface area (Å²) in [7, 11) is 3.04. The summed E-state index contributed by atoms with van der Waals surface area (Å²) >= 11 is 0. The standard InChI is InChI=1S/C16H21NO5/c1-10-4-5-12(16(19)20)9-17(10)15(18)11-6-7-13(21-2)14(8-11)22-3/h6-8,10,12H,4-5,9H2,1-3H3,(H,19,20). The predicted molar refractivity (Wildman–Crippen MR) is 80.4 cm³/mol. The Bertz CT molecular complexity index is 572. The Labute approximate surface area is 129 Å². The van der Waals surface area contributed by atoms with Gasteiger partial charge in [-0.25, -0.2) is 0 Å². The molecule has 1 saturated heterocycles. The maximum atomic E-state index is 12.7. The van der Waals surface area contributed by atoms with Gasteiger partial charge >= 0.3 is 5.97 Å². The van der Waals surface area contributed by atoms with E-state index in [-0.39, 0.29) is 18.5 Å². The zero-order chi connectivity index (χ0) is 16.3. The third-order valence-corrected chi connectivity index (χ3v) is 4.12. The minimum absolute atomic E-state index is 0.0243. The van der Waals surface area contributed by atoms with Crippen LogP contribution in [0.3, 0.4) is 0 Å². The van der Waals surface area contributed by atoms with Crippen molar-refractivity contribution in [2.24, 2.45) is 5.92 Å². The van der Waals surface area contributed by atoms with Crippen molar-refractivity contribution < 1.29 is 24.2 Å². The van der Waals surface area contributed by atoms with E-state index in [1.165, 1.54) is 14.2 Å². The summed E-state index contributed by atoms with van der Waals surface area (Å²) in [5, 5.41) is 9.17. The van der Waals surface area contributed by atoms with Crippen LogP contribution in [-0.4, -0.2) is 48.7 Å². The number of methoxy groups -OCH3 is 2. The molecule has 1 aromatic rings. The second kappa shape index (κ2) is 6.68. The maximum absolute atomic E-state index is 12.7. The number of likely N-dealkylation sites (tertiary alicyclic amines) is 1. The van der Waals surface area contributed by atoms with Crippen LogP contribution in [0.1, 0.15) is 30.1 Å². The fraction of sp³-hybridized carbons (Fsp3) is 0.500. The van der Waals surface area contributed by atoms with Crippen LogP contribution in [0.4, 0.5) is 0 Å². The van der Waals surface area contributed by atoms with E-state index < -0.39 is 11.9 Å². The number of rotatable bonds is 4. The van der Waals surface area contributed by atoms with E-state index in [0.717, 1.165) is 0 Å². The number of hydrogen-bond donors (Lipinski definition) is 1. The smallest absolute Gasteiger partial charge is 0.308 e. The zero-order valence-electron chi connectivity index (χ0n) is 13.0. The Kier molecular flexibility index (Phi) is 4.90. The molecule has 2 atom stereocenters. The Balaban J connectivity index is 2.24. The average Bonchev–Trinajstić information content (AvgIpc) is 2.53. The van der Waals surface area contributed by atoms with Crippen molar-refractivity contribution in [1.29, 1.82) is 0 Å². The number of carbonyl (C=O) groups is 2. The molecule has 1 aliphatic heterocycles. The molecule has 0 bridgehead atoms. The molecule has 6 nitrogen and oxygen atoms in total. The molecule has 1 fully saturated rings. The first-order valence-corrected chi connectivity index (χ1v) is 7.23. The van der Waals surface area contributed by atoms with Gasteiger partial charge in [0.1, 0.15) is 0 Å². The van der Waals surface area contributed by atoms with Gasteiger partial charge in [0.15, 0.2) is 11.5 Å². The fourth-order valence-electron chi connectivity index (χ4n) is 2.73.